The fraction of sp³-hybridized carbons (Fsp3) is 0.385. The standard InChI is InChI=1S/C26H26ClFN6O2S/c1-33-11-19(35-12-26-6-3-7-34(26)10-14(28)9-26)36-17-8-16(21(27)23-20(17)24(33)31-13-30-23)15-4-2-5-18-22(15)32-25(29)37-18/h2,4-5,8,11,14,30H,3,6-7,9-10,12-13H2,1H3,(H2,29,32)/t14-,26+/m1/s1. The minimum absolute atomic E-state index is 0.278. The van der Waals surface area contributed by atoms with Crippen molar-refractivity contribution in [2.24, 2.45) is 4.99 Å². The van der Waals surface area contributed by atoms with Crippen LogP contribution in [-0.4, -0.2) is 65.7 Å². The third-order valence-corrected chi connectivity index (χ3v) is 8.99. The van der Waals surface area contributed by atoms with E-state index < -0.39 is 6.17 Å². The summed E-state index contributed by atoms with van der Waals surface area (Å²) in [5, 5.41) is 4.39. The monoisotopic (exact) mass is 540 g/mol. The summed E-state index contributed by atoms with van der Waals surface area (Å²) in [6.45, 7) is 2.14. The van der Waals surface area contributed by atoms with E-state index in [1.165, 1.54) is 11.3 Å². The molecule has 0 radical (unpaired) electrons. The zero-order valence-electron chi connectivity index (χ0n) is 20.3. The van der Waals surface area contributed by atoms with E-state index in [4.69, 9.17) is 26.8 Å². The summed E-state index contributed by atoms with van der Waals surface area (Å²) in [5.41, 5.74) is 9.70. The van der Waals surface area contributed by atoms with Crippen molar-refractivity contribution >= 4 is 49.8 Å². The van der Waals surface area contributed by atoms with Crippen LogP contribution < -0.4 is 15.8 Å². The van der Waals surface area contributed by atoms with Crippen LogP contribution in [0.2, 0.25) is 5.02 Å². The second-order valence-corrected chi connectivity index (χ2v) is 11.5. The van der Waals surface area contributed by atoms with E-state index in [1.54, 1.807) is 6.20 Å². The molecular weight excluding hydrogens is 515 g/mol. The van der Waals surface area contributed by atoms with Crippen LogP contribution in [-0.2, 0) is 4.74 Å². The van der Waals surface area contributed by atoms with Crippen molar-refractivity contribution in [1.82, 2.24) is 14.8 Å². The molecule has 3 aromatic rings. The third-order valence-electron chi connectivity index (χ3n) is 7.75. The first-order chi connectivity index (χ1) is 17.9. The van der Waals surface area contributed by atoms with E-state index in [0.29, 0.717) is 48.1 Å². The summed E-state index contributed by atoms with van der Waals surface area (Å²) in [6.07, 6.45) is 3.45. The molecule has 0 saturated carbocycles. The summed E-state index contributed by atoms with van der Waals surface area (Å²) >= 11 is 8.45. The van der Waals surface area contributed by atoms with Crippen LogP contribution in [0.3, 0.4) is 0 Å². The Morgan fingerprint density at radius 2 is 2.27 bits per heavy atom. The molecule has 4 aliphatic rings. The first kappa shape index (κ1) is 23.1. The smallest absolute Gasteiger partial charge is 0.301 e. The first-order valence-electron chi connectivity index (χ1n) is 12.4. The van der Waals surface area contributed by atoms with E-state index in [2.05, 4.69) is 20.2 Å². The predicted molar refractivity (Wildman–Crippen MR) is 145 cm³/mol. The molecule has 5 heterocycles. The fourth-order valence-corrected chi connectivity index (χ4v) is 7.20. The van der Waals surface area contributed by atoms with Crippen molar-refractivity contribution in [2.45, 2.75) is 31.0 Å². The number of para-hydroxylation sites is 1. The maximum absolute atomic E-state index is 14.3. The zero-order valence-corrected chi connectivity index (χ0v) is 21.8. The van der Waals surface area contributed by atoms with Crippen LogP contribution in [0.5, 0.6) is 5.75 Å². The summed E-state index contributed by atoms with van der Waals surface area (Å²) in [4.78, 5) is 13.4. The number of halogens is 2. The van der Waals surface area contributed by atoms with Gasteiger partial charge >= 0.3 is 5.95 Å². The summed E-state index contributed by atoms with van der Waals surface area (Å²) in [5.74, 6) is 1.65. The van der Waals surface area contributed by atoms with Gasteiger partial charge in [0.2, 0.25) is 0 Å². The van der Waals surface area contributed by atoms with Crippen molar-refractivity contribution in [3.05, 3.63) is 47.0 Å². The molecule has 4 aliphatic heterocycles. The van der Waals surface area contributed by atoms with Crippen molar-refractivity contribution < 1.29 is 13.9 Å². The summed E-state index contributed by atoms with van der Waals surface area (Å²) < 4.78 is 28.0. The highest BCUT2D eigenvalue weighted by Gasteiger charge is 2.49. The van der Waals surface area contributed by atoms with Gasteiger partial charge in [-0.1, -0.05) is 35.1 Å². The molecule has 0 unspecified atom stereocenters. The molecule has 0 amide bonds. The van der Waals surface area contributed by atoms with Gasteiger partial charge in [-0.25, -0.2) is 14.4 Å². The molecule has 2 aromatic carbocycles. The number of hydrogen-bond donors (Lipinski definition) is 2. The van der Waals surface area contributed by atoms with E-state index >= 15 is 0 Å². The Labute approximate surface area is 222 Å². The Morgan fingerprint density at radius 1 is 1.38 bits per heavy atom. The first-order valence-corrected chi connectivity index (χ1v) is 13.6. The average molecular weight is 541 g/mol. The second kappa shape index (κ2) is 8.47. The molecule has 7 rings (SSSR count). The lowest BCUT2D eigenvalue weighted by Gasteiger charge is -2.31. The third kappa shape index (κ3) is 3.65. The highest BCUT2D eigenvalue weighted by Crippen LogP contribution is 2.47. The molecule has 2 atom stereocenters. The number of fused-ring (bicyclic) bond motifs is 2. The summed E-state index contributed by atoms with van der Waals surface area (Å²) in [6, 6.07) is 7.86. The number of hydrogen-bond acceptors (Lipinski definition) is 9. The number of nitrogens with two attached hydrogens (primary N) is 1. The van der Waals surface area contributed by atoms with Crippen molar-refractivity contribution in [1.29, 1.82) is 0 Å². The number of nitrogens with zero attached hydrogens (tertiary/aromatic N) is 4. The Morgan fingerprint density at radius 3 is 3.16 bits per heavy atom. The molecule has 8 nitrogen and oxygen atoms in total. The van der Waals surface area contributed by atoms with Crippen LogP contribution in [0.15, 0.2) is 41.4 Å². The molecule has 192 valence electrons. The number of nitrogens with one attached hydrogen (secondary N) is 1. The van der Waals surface area contributed by atoms with Gasteiger partial charge in [-0.05, 0) is 31.5 Å². The molecule has 2 fully saturated rings. The minimum Gasteiger partial charge on any atom is -0.462 e. The van der Waals surface area contributed by atoms with Gasteiger partial charge in [-0.3, -0.25) is 4.90 Å². The Bertz CT molecular complexity index is 1490. The van der Waals surface area contributed by atoms with Gasteiger partial charge in [-0.2, -0.15) is 0 Å². The number of rotatable bonds is 4. The van der Waals surface area contributed by atoms with Crippen molar-refractivity contribution in [3.8, 4) is 16.9 Å². The van der Waals surface area contributed by atoms with Gasteiger partial charge in [0.15, 0.2) is 5.13 Å². The molecule has 37 heavy (non-hydrogen) atoms. The number of amidine groups is 1. The lowest BCUT2D eigenvalue weighted by molar-refractivity contribution is 0.0274. The largest absolute Gasteiger partial charge is 0.462 e. The zero-order chi connectivity index (χ0) is 25.3. The number of benzene rings is 2. The molecule has 0 aliphatic carbocycles. The van der Waals surface area contributed by atoms with E-state index in [9.17, 15) is 4.39 Å². The number of alkyl halides is 1. The Balaban J connectivity index is 1.29. The number of aromatic nitrogens is 1. The highest BCUT2D eigenvalue weighted by molar-refractivity contribution is 7.22. The molecule has 2 saturated heterocycles. The molecule has 0 bridgehead atoms. The van der Waals surface area contributed by atoms with Crippen LogP contribution >= 0.6 is 22.9 Å². The normalized spacial score (nSPS) is 24.6. The maximum atomic E-state index is 14.3. The molecule has 1 aromatic heterocycles. The fourth-order valence-electron chi connectivity index (χ4n) is 6.12. The van der Waals surface area contributed by atoms with E-state index in [0.717, 1.165) is 57.8 Å². The average Bonchev–Trinajstić information content (AvgIpc) is 3.51. The van der Waals surface area contributed by atoms with Crippen LogP contribution in [0.25, 0.3) is 21.3 Å². The quantitative estimate of drug-likeness (QED) is 0.479. The van der Waals surface area contributed by atoms with Gasteiger partial charge in [0.25, 0.3) is 0 Å². The second-order valence-electron chi connectivity index (χ2n) is 10.0. The topological polar surface area (TPSA) is 88.2 Å². The van der Waals surface area contributed by atoms with Crippen molar-refractivity contribution in [2.75, 3.05) is 44.5 Å². The van der Waals surface area contributed by atoms with E-state index in [1.807, 2.05) is 36.2 Å². The SMILES string of the molecule is CN1C=C(OC[C@@]23CCCN2C[C@H](F)C3)Oc2cc(-c3cccc4sc(N)nc34)c(Cl)c3c2C1=NCN3. The predicted octanol–water partition coefficient (Wildman–Crippen LogP) is 5.04. The Hall–Kier alpha value is -3.08. The molecule has 0 spiro atoms. The summed E-state index contributed by atoms with van der Waals surface area (Å²) in [7, 11) is 1.91. The van der Waals surface area contributed by atoms with Gasteiger partial charge in [0.1, 0.15) is 31.0 Å². The highest BCUT2D eigenvalue weighted by atomic mass is 35.5. The van der Waals surface area contributed by atoms with Gasteiger partial charge in [0, 0.05) is 31.1 Å². The van der Waals surface area contributed by atoms with Crippen molar-refractivity contribution in [3.63, 3.8) is 0 Å². The molecule has 11 heteroatoms. The number of ether oxygens (including phenoxy) is 2. The lowest BCUT2D eigenvalue weighted by atomic mass is 9.95. The van der Waals surface area contributed by atoms with Crippen LogP contribution in [0.1, 0.15) is 24.8 Å². The maximum Gasteiger partial charge on any atom is 0.301 e. The van der Waals surface area contributed by atoms with E-state index in [-0.39, 0.29) is 5.54 Å². The number of nitrogen functional groups attached to an aromatic ring is 1. The van der Waals surface area contributed by atoms with Crippen LogP contribution in [0.4, 0.5) is 15.2 Å². The number of anilines is 2. The van der Waals surface area contributed by atoms with Gasteiger partial charge < -0.3 is 25.4 Å². The lowest BCUT2D eigenvalue weighted by Crippen LogP contribution is -2.42. The van der Waals surface area contributed by atoms with Crippen LogP contribution in [0, 0.1) is 0 Å². The molecular formula is C26H26ClFN6O2S. The molecule has 3 N–H and O–H groups in total. The Kier molecular flexibility index (Phi) is 5.28. The minimum atomic E-state index is -0.815. The number of thiazole rings is 1. The van der Waals surface area contributed by atoms with Gasteiger partial charge in [-0.15, -0.1) is 0 Å². The number of aliphatic imine (C=N–C) groups is 1. The van der Waals surface area contributed by atoms with Gasteiger partial charge in [0.05, 0.1) is 38.2 Å².